The number of nitrogens with zero attached hydrogens (tertiary/aromatic N) is 2. The Kier molecular flexibility index (Phi) is 5.12. The zero-order valence-corrected chi connectivity index (χ0v) is 12.4. The molecule has 22 heavy (non-hydrogen) atoms. The molecular weight excluding hydrogens is 286 g/mol. The number of pyridine rings is 1. The topological polar surface area (TPSA) is 33.2 Å². The third kappa shape index (κ3) is 3.62. The van der Waals surface area contributed by atoms with E-state index in [-0.39, 0.29) is 0 Å². The first-order valence-corrected chi connectivity index (χ1v) is 6.71. The first-order chi connectivity index (χ1) is 10.5. The van der Waals surface area contributed by atoms with Crippen molar-refractivity contribution in [2.45, 2.75) is 0 Å². The van der Waals surface area contributed by atoms with Crippen LogP contribution in [0.4, 0.5) is 8.78 Å². The normalized spacial score (nSPS) is 12.2. The summed E-state index contributed by atoms with van der Waals surface area (Å²) >= 11 is 0. The van der Waals surface area contributed by atoms with Gasteiger partial charge in [0.1, 0.15) is 0 Å². The average molecular weight is 302 g/mol. The highest BCUT2D eigenvalue weighted by atomic mass is 19.2. The van der Waals surface area contributed by atoms with Gasteiger partial charge in [-0.25, -0.2) is 8.78 Å². The van der Waals surface area contributed by atoms with Crippen molar-refractivity contribution < 1.29 is 13.6 Å². The second-order valence-electron chi connectivity index (χ2n) is 5.11. The molecule has 0 aliphatic carbocycles. The Labute approximate surface area is 127 Å². The molecule has 3 nitrogen and oxygen atoms in total. The summed E-state index contributed by atoms with van der Waals surface area (Å²) in [6, 6.07) is 7.02. The molecule has 5 heteroatoms. The molecule has 0 aliphatic heterocycles. The molecule has 0 bridgehead atoms. The number of aromatic nitrogens is 1. The number of carbonyl (C=O) groups excluding carboxylic acids is 1. The molecule has 0 radical (unpaired) electrons. The quantitative estimate of drug-likeness (QED) is 0.629. The lowest BCUT2D eigenvalue weighted by molar-refractivity contribution is -0.103. The first-order valence-electron chi connectivity index (χ1n) is 6.71. The van der Waals surface area contributed by atoms with E-state index in [1.807, 2.05) is 19.0 Å². The maximum atomic E-state index is 13.5. The van der Waals surface area contributed by atoms with Gasteiger partial charge in [0.25, 0.3) is 0 Å². The zero-order chi connectivity index (χ0) is 16.1. The van der Waals surface area contributed by atoms with Gasteiger partial charge in [-0.15, -0.1) is 0 Å². The van der Waals surface area contributed by atoms with Crippen LogP contribution in [0.3, 0.4) is 0 Å². The van der Waals surface area contributed by atoms with E-state index in [9.17, 15) is 13.6 Å². The number of likely N-dealkylation sites (N-methyl/N-ethyl adjacent to an activating group) is 1. The van der Waals surface area contributed by atoms with Crippen molar-refractivity contribution in [1.29, 1.82) is 0 Å². The molecule has 0 saturated heterocycles. The van der Waals surface area contributed by atoms with Crippen molar-refractivity contribution >= 4 is 17.4 Å². The minimum atomic E-state index is -0.976. The summed E-state index contributed by atoms with van der Waals surface area (Å²) in [5.74, 6) is -1.91. The fraction of sp³-hybridized carbons (Fsp3) is 0.176. The lowest BCUT2D eigenvalue weighted by atomic mass is 9.95. The number of benzene rings is 1. The molecule has 0 N–H and O–H groups in total. The van der Waals surface area contributed by atoms with Gasteiger partial charge in [0, 0.05) is 24.5 Å². The Morgan fingerprint density at radius 3 is 2.32 bits per heavy atom. The van der Waals surface area contributed by atoms with Crippen LogP contribution in [0.5, 0.6) is 0 Å². The highest BCUT2D eigenvalue weighted by Crippen LogP contribution is 2.26. The van der Waals surface area contributed by atoms with Gasteiger partial charge < -0.3 is 4.90 Å². The zero-order valence-electron chi connectivity index (χ0n) is 12.4. The van der Waals surface area contributed by atoms with Crippen LogP contribution in [0.15, 0.2) is 42.7 Å². The van der Waals surface area contributed by atoms with Gasteiger partial charge in [-0.2, -0.15) is 0 Å². The van der Waals surface area contributed by atoms with Crippen molar-refractivity contribution in [3.05, 3.63) is 65.5 Å². The van der Waals surface area contributed by atoms with Crippen LogP contribution in [-0.2, 0) is 4.79 Å². The maximum Gasteiger partial charge on any atom is 0.159 e. The minimum absolute atomic E-state index is 0.332. The van der Waals surface area contributed by atoms with Crippen molar-refractivity contribution in [3.63, 3.8) is 0 Å². The number of rotatable bonds is 5. The Balaban J connectivity index is 2.63. The van der Waals surface area contributed by atoms with E-state index in [0.717, 1.165) is 23.3 Å². The largest absolute Gasteiger partial charge is 0.305 e. The molecule has 2 rings (SSSR count). The second-order valence-corrected chi connectivity index (χ2v) is 5.11. The Morgan fingerprint density at radius 1 is 1.09 bits per heavy atom. The van der Waals surface area contributed by atoms with Crippen LogP contribution in [0.2, 0.25) is 0 Å². The molecule has 0 unspecified atom stereocenters. The molecular formula is C17H16F2N2O. The van der Waals surface area contributed by atoms with Crippen LogP contribution >= 0.6 is 0 Å². The third-order valence-corrected chi connectivity index (χ3v) is 3.18. The Morgan fingerprint density at radius 2 is 1.77 bits per heavy atom. The van der Waals surface area contributed by atoms with E-state index in [2.05, 4.69) is 4.98 Å². The van der Waals surface area contributed by atoms with Crippen LogP contribution < -0.4 is 0 Å². The Hall–Kier alpha value is -2.40. The summed E-state index contributed by atoms with van der Waals surface area (Å²) in [6.07, 6.45) is 3.92. The van der Waals surface area contributed by atoms with Crippen LogP contribution in [0, 0.1) is 11.6 Å². The van der Waals surface area contributed by atoms with Gasteiger partial charge in [-0.05, 0) is 55.1 Å². The van der Waals surface area contributed by atoms with Crippen molar-refractivity contribution in [2.75, 3.05) is 20.6 Å². The molecule has 1 heterocycles. The van der Waals surface area contributed by atoms with E-state index in [1.54, 1.807) is 24.5 Å². The molecule has 1 aromatic carbocycles. The van der Waals surface area contributed by atoms with E-state index < -0.39 is 11.6 Å². The van der Waals surface area contributed by atoms with Gasteiger partial charge >= 0.3 is 0 Å². The van der Waals surface area contributed by atoms with Crippen molar-refractivity contribution in [1.82, 2.24) is 9.88 Å². The highest BCUT2D eigenvalue weighted by Gasteiger charge is 2.14. The summed E-state index contributed by atoms with van der Waals surface area (Å²) in [7, 11) is 3.74. The molecule has 2 aromatic rings. The third-order valence-electron chi connectivity index (χ3n) is 3.18. The first kappa shape index (κ1) is 16.0. The number of hydrogen-bond acceptors (Lipinski definition) is 3. The van der Waals surface area contributed by atoms with E-state index in [1.165, 1.54) is 6.07 Å². The number of hydrogen-bond donors (Lipinski definition) is 0. The fourth-order valence-electron chi connectivity index (χ4n) is 2.18. The standard InChI is InChI=1S/C17H16F2N2O/c1-21(2)10-14(12-5-7-20-8-6-12)15(11-22)13-3-4-16(18)17(19)9-13/h3-9,11H,10H2,1-2H3. The fourth-order valence-corrected chi connectivity index (χ4v) is 2.18. The summed E-state index contributed by atoms with van der Waals surface area (Å²) in [5.41, 5.74) is 2.23. The number of carbonyl (C=O) groups is 1. The SMILES string of the molecule is CN(C)CC(=C(C=O)c1ccc(F)c(F)c1)c1ccncc1. The van der Waals surface area contributed by atoms with Crippen molar-refractivity contribution in [2.24, 2.45) is 0 Å². The molecule has 0 atom stereocenters. The van der Waals surface area contributed by atoms with E-state index in [4.69, 9.17) is 0 Å². The lowest BCUT2D eigenvalue weighted by Gasteiger charge is -2.17. The summed E-state index contributed by atoms with van der Waals surface area (Å²) < 4.78 is 26.6. The van der Waals surface area contributed by atoms with Gasteiger partial charge in [0.15, 0.2) is 17.9 Å². The predicted octanol–water partition coefficient (Wildman–Crippen LogP) is 3.03. The van der Waals surface area contributed by atoms with Crippen LogP contribution in [0.25, 0.3) is 11.1 Å². The van der Waals surface area contributed by atoms with E-state index >= 15 is 0 Å². The molecule has 1 aromatic heterocycles. The summed E-state index contributed by atoms with van der Waals surface area (Å²) in [6.45, 7) is 0.483. The highest BCUT2D eigenvalue weighted by molar-refractivity contribution is 6.17. The van der Waals surface area contributed by atoms with Crippen LogP contribution in [-0.4, -0.2) is 36.8 Å². The number of allylic oxidation sites excluding steroid dienone is 1. The maximum absolute atomic E-state index is 13.5. The predicted molar refractivity (Wildman–Crippen MR) is 82.0 cm³/mol. The molecule has 0 aliphatic rings. The van der Waals surface area contributed by atoms with Gasteiger partial charge in [-0.1, -0.05) is 6.07 Å². The van der Waals surface area contributed by atoms with Crippen molar-refractivity contribution in [3.8, 4) is 0 Å². The number of halogens is 2. The monoisotopic (exact) mass is 302 g/mol. The summed E-state index contributed by atoms with van der Waals surface area (Å²) in [4.78, 5) is 17.4. The summed E-state index contributed by atoms with van der Waals surface area (Å²) in [5, 5.41) is 0. The molecule has 0 amide bonds. The smallest absolute Gasteiger partial charge is 0.159 e. The average Bonchev–Trinajstić information content (AvgIpc) is 2.51. The number of aldehydes is 1. The molecule has 0 fully saturated rings. The van der Waals surface area contributed by atoms with Crippen LogP contribution in [0.1, 0.15) is 11.1 Å². The Bertz CT molecular complexity index is 697. The molecule has 0 spiro atoms. The minimum Gasteiger partial charge on any atom is -0.305 e. The second kappa shape index (κ2) is 7.04. The van der Waals surface area contributed by atoms with Gasteiger partial charge in [-0.3, -0.25) is 9.78 Å². The molecule has 0 saturated carbocycles. The van der Waals surface area contributed by atoms with Gasteiger partial charge in [0.05, 0.1) is 0 Å². The lowest BCUT2D eigenvalue weighted by Crippen LogP contribution is -2.16. The molecule has 114 valence electrons. The van der Waals surface area contributed by atoms with Gasteiger partial charge in [0.2, 0.25) is 0 Å². The van der Waals surface area contributed by atoms with E-state index in [0.29, 0.717) is 24.0 Å².